The van der Waals surface area contributed by atoms with Crippen LogP contribution in [0.5, 0.6) is 5.75 Å². The van der Waals surface area contributed by atoms with Gasteiger partial charge in [0, 0.05) is 0 Å². The first-order valence-corrected chi connectivity index (χ1v) is 8.86. The quantitative estimate of drug-likeness (QED) is 0.576. The lowest BCUT2D eigenvalue weighted by atomic mass is 9.86. The standard InChI is InChI=1S/C20H25N3O/c1-2-3-4-5-9-15(17-11-6-7-13-19(17)24)14-16-10-8-12-18-20(16)22-23-21-18/h6-8,10-13,15,24H,2-5,9,14H2,1H3,(H,21,22,23). The van der Waals surface area contributed by atoms with Crippen molar-refractivity contribution in [2.24, 2.45) is 0 Å². The van der Waals surface area contributed by atoms with E-state index in [1.807, 2.05) is 30.3 Å². The Morgan fingerprint density at radius 1 is 1.04 bits per heavy atom. The van der Waals surface area contributed by atoms with Crippen LogP contribution in [0.4, 0.5) is 0 Å². The highest BCUT2D eigenvalue weighted by Crippen LogP contribution is 2.33. The SMILES string of the molecule is CCCCCCC(Cc1cccc2[nH]nnc12)c1ccccc1O. The van der Waals surface area contributed by atoms with Crippen molar-refractivity contribution in [1.29, 1.82) is 0 Å². The summed E-state index contributed by atoms with van der Waals surface area (Å²) in [4.78, 5) is 0. The zero-order chi connectivity index (χ0) is 16.8. The van der Waals surface area contributed by atoms with Gasteiger partial charge in [-0.25, -0.2) is 0 Å². The molecule has 2 N–H and O–H groups in total. The van der Waals surface area contributed by atoms with Gasteiger partial charge in [-0.3, -0.25) is 5.10 Å². The van der Waals surface area contributed by atoms with E-state index in [2.05, 4.69) is 28.4 Å². The van der Waals surface area contributed by atoms with Crippen LogP contribution < -0.4 is 0 Å². The van der Waals surface area contributed by atoms with Crippen LogP contribution in [0, 0.1) is 0 Å². The molecule has 0 radical (unpaired) electrons. The molecule has 0 saturated carbocycles. The monoisotopic (exact) mass is 323 g/mol. The third kappa shape index (κ3) is 3.75. The minimum absolute atomic E-state index is 0.297. The van der Waals surface area contributed by atoms with Gasteiger partial charge in [0.05, 0.1) is 5.52 Å². The van der Waals surface area contributed by atoms with E-state index in [9.17, 15) is 5.11 Å². The van der Waals surface area contributed by atoms with Crippen LogP contribution in [-0.4, -0.2) is 20.5 Å². The summed E-state index contributed by atoms with van der Waals surface area (Å²) in [7, 11) is 0. The summed E-state index contributed by atoms with van der Waals surface area (Å²) in [6.45, 7) is 2.23. The first kappa shape index (κ1) is 16.5. The number of fused-ring (bicyclic) bond motifs is 1. The minimum Gasteiger partial charge on any atom is -0.508 e. The number of H-pyrrole nitrogens is 1. The highest BCUT2D eigenvalue weighted by atomic mass is 16.3. The number of hydrogen-bond donors (Lipinski definition) is 2. The van der Waals surface area contributed by atoms with E-state index in [4.69, 9.17) is 0 Å². The molecule has 24 heavy (non-hydrogen) atoms. The Hall–Kier alpha value is -2.36. The summed E-state index contributed by atoms with van der Waals surface area (Å²) in [5.41, 5.74) is 4.13. The van der Waals surface area contributed by atoms with Crippen molar-refractivity contribution in [3.63, 3.8) is 0 Å². The van der Waals surface area contributed by atoms with Crippen LogP contribution in [-0.2, 0) is 6.42 Å². The van der Waals surface area contributed by atoms with Crippen molar-refractivity contribution >= 4 is 11.0 Å². The molecular formula is C20H25N3O. The highest BCUT2D eigenvalue weighted by molar-refractivity contribution is 5.77. The zero-order valence-electron chi connectivity index (χ0n) is 14.2. The fraction of sp³-hybridized carbons (Fsp3) is 0.400. The maximum atomic E-state index is 10.3. The largest absolute Gasteiger partial charge is 0.508 e. The van der Waals surface area contributed by atoms with E-state index in [1.165, 1.54) is 31.2 Å². The van der Waals surface area contributed by atoms with E-state index < -0.39 is 0 Å². The van der Waals surface area contributed by atoms with Gasteiger partial charge in [-0.2, -0.15) is 0 Å². The number of para-hydroxylation sites is 1. The summed E-state index contributed by atoms with van der Waals surface area (Å²) in [6.07, 6.45) is 6.88. The number of unbranched alkanes of at least 4 members (excludes halogenated alkanes) is 3. The number of nitrogens with zero attached hydrogens (tertiary/aromatic N) is 2. The number of hydrogen-bond acceptors (Lipinski definition) is 3. The predicted octanol–water partition coefficient (Wildman–Crippen LogP) is 4.96. The Bertz CT molecular complexity index is 781. The number of phenolic OH excluding ortho intramolecular Hbond substituents is 1. The fourth-order valence-electron chi connectivity index (χ4n) is 3.38. The average Bonchev–Trinajstić information content (AvgIpc) is 3.08. The van der Waals surface area contributed by atoms with E-state index in [-0.39, 0.29) is 0 Å². The van der Waals surface area contributed by atoms with E-state index in [0.29, 0.717) is 11.7 Å². The summed E-state index contributed by atoms with van der Waals surface area (Å²) < 4.78 is 0. The van der Waals surface area contributed by atoms with Gasteiger partial charge in [-0.1, -0.05) is 68.2 Å². The Labute approximate surface area is 142 Å². The molecule has 1 heterocycles. The first-order chi connectivity index (χ1) is 11.8. The Kier molecular flexibility index (Phi) is 5.47. The van der Waals surface area contributed by atoms with Gasteiger partial charge in [0.1, 0.15) is 11.3 Å². The first-order valence-electron chi connectivity index (χ1n) is 8.86. The van der Waals surface area contributed by atoms with Gasteiger partial charge in [0.2, 0.25) is 0 Å². The highest BCUT2D eigenvalue weighted by Gasteiger charge is 2.17. The molecule has 4 nitrogen and oxygen atoms in total. The normalized spacial score (nSPS) is 12.5. The second kappa shape index (κ2) is 7.95. The topological polar surface area (TPSA) is 61.8 Å². The number of aromatic nitrogens is 3. The van der Waals surface area contributed by atoms with Crippen LogP contribution >= 0.6 is 0 Å². The number of phenols is 1. The molecule has 3 rings (SSSR count). The molecule has 0 fully saturated rings. The van der Waals surface area contributed by atoms with Crippen molar-refractivity contribution in [3.8, 4) is 5.75 Å². The van der Waals surface area contributed by atoms with Gasteiger partial charge in [-0.05, 0) is 42.0 Å². The molecule has 0 amide bonds. The van der Waals surface area contributed by atoms with Crippen molar-refractivity contribution in [3.05, 3.63) is 53.6 Å². The van der Waals surface area contributed by atoms with Crippen molar-refractivity contribution < 1.29 is 5.11 Å². The second-order valence-corrected chi connectivity index (χ2v) is 6.43. The van der Waals surface area contributed by atoms with Crippen LogP contribution in [0.3, 0.4) is 0 Å². The molecule has 0 bridgehead atoms. The third-order valence-corrected chi connectivity index (χ3v) is 4.69. The summed E-state index contributed by atoms with van der Waals surface area (Å²) in [5, 5.41) is 21.4. The number of aromatic hydroxyl groups is 1. The summed E-state index contributed by atoms with van der Waals surface area (Å²) in [5.74, 6) is 0.690. The maximum Gasteiger partial charge on any atom is 0.119 e. The van der Waals surface area contributed by atoms with Gasteiger partial charge in [-0.15, -0.1) is 5.10 Å². The summed E-state index contributed by atoms with van der Waals surface area (Å²) >= 11 is 0. The van der Waals surface area contributed by atoms with Crippen molar-refractivity contribution in [2.45, 2.75) is 51.4 Å². The molecule has 0 aliphatic carbocycles. The Morgan fingerprint density at radius 3 is 2.75 bits per heavy atom. The molecule has 126 valence electrons. The predicted molar refractivity (Wildman–Crippen MR) is 97.2 cm³/mol. The number of aromatic amines is 1. The van der Waals surface area contributed by atoms with E-state index in [1.54, 1.807) is 6.07 Å². The molecule has 0 saturated heterocycles. The molecule has 2 aromatic carbocycles. The number of rotatable bonds is 8. The van der Waals surface area contributed by atoms with Gasteiger partial charge >= 0.3 is 0 Å². The fourth-order valence-corrected chi connectivity index (χ4v) is 3.38. The lowest BCUT2D eigenvalue weighted by Crippen LogP contribution is -2.04. The molecule has 3 aromatic rings. The third-order valence-electron chi connectivity index (χ3n) is 4.69. The van der Waals surface area contributed by atoms with Crippen LogP contribution in [0.15, 0.2) is 42.5 Å². The van der Waals surface area contributed by atoms with Crippen LogP contribution in [0.1, 0.15) is 56.1 Å². The molecular weight excluding hydrogens is 298 g/mol. The van der Waals surface area contributed by atoms with Gasteiger partial charge in [0.15, 0.2) is 0 Å². The molecule has 4 heteroatoms. The van der Waals surface area contributed by atoms with Gasteiger partial charge in [0.25, 0.3) is 0 Å². The molecule has 1 atom stereocenters. The Morgan fingerprint density at radius 2 is 1.92 bits per heavy atom. The zero-order valence-corrected chi connectivity index (χ0v) is 14.2. The van der Waals surface area contributed by atoms with Crippen molar-refractivity contribution in [1.82, 2.24) is 15.4 Å². The van der Waals surface area contributed by atoms with Crippen LogP contribution in [0.2, 0.25) is 0 Å². The lowest BCUT2D eigenvalue weighted by molar-refractivity contribution is 0.452. The van der Waals surface area contributed by atoms with Crippen molar-refractivity contribution in [2.75, 3.05) is 0 Å². The average molecular weight is 323 g/mol. The molecule has 0 spiro atoms. The van der Waals surface area contributed by atoms with Gasteiger partial charge < -0.3 is 5.11 Å². The Balaban J connectivity index is 1.84. The van der Waals surface area contributed by atoms with Crippen LogP contribution in [0.25, 0.3) is 11.0 Å². The molecule has 0 aliphatic heterocycles. The minimum atomic E-state index is 0.297. The summed E-state index contributed by atoms with van der Waals surface area (Å²) in [6, 6.07) is 13.9. The molecule has 1 unspecified atom stereocenters. The number of nitrogens with one attached hydrogen (secondary N) is 1. The molecule has 1 aromatic heterocycles. The number of benzene rings is 2. The maximum absolute atomic E-state index is 10.3. The van der Waals surface area contributed by atoms with E-state index in [0.717, 1.165) is 29.4 Å². The molecule has 0 aliphatic rings. The smallest absolute Gasteiger partial charge is 0.119 e. The second-order valence-electron chi connectivity index (χ2n) is 6.43. The van der Waals surface area contributed by atoms with E-state index >= 15 is 0 Å². The lowest BCUT2D eigenvalue weighted by Gasteiger charge is -2.19.